The monoisotopic (exact) mass is 252 g/mol. The summed E-state index contributed by atoms with van der Waals surface area (Å²) >= 11 is 0. The van der Waals surface area contributed by atoms with Crippen molar-refractivity contribution in [3.05, 3.63) is 59.2 Å². The Morgan fingerprint density at radius 1 is 0.684 bits per heavy atom. The van der Waals surface area contributed by atoms with Gasteiger partial charge in [0.15, 0.2) is 0 Å². The topological polar surface area (TPSA) is 0 Å². The second kappa shape index (κ2) is 5.61. The summed E-state index contributed by atoms with van der Waals surface area (Å²) in [5.74, 6) is 1.19. The molecule has 0 atom stereocenters. The highest BCUT2D eigenvalue weighted by Gasteiger charge is 2.06. The maximum absolute atomic E-state index is 2.31. The smallest absolute Gasteiger partial charge is 0.0181 e. The molecule has 0 nitrogen and oxygen atoms in total. The van der Waals surface area contributed by atoms with E-state index in [1.54, 1.807) is 0 Å². The van der Waals surface area contributed by atoms with E-state index < -0.39 is 0 Å². The standard InChI is InChI=1S/C19H24/c1-13(2)16-6-8-17(9-7-16)18-10-11-19(14(3)4)15(5)12-18/h6-14H,1-5H3. The predicted octanol–water partition coefficient (Wildman–Crippen LogP) is 5.91. The normalized spacial score (nSPS) is 11.3. The van der Waals surface area contributed by atoms with E-state index in [1.807, 2.05) is 0 Å². The number of hydrogen-bond acceptors (Lipinski definition) is 0. The van der Waals surface area contributed by atoms with E-state index >= 15 is 0 Å². The van der Waals surface area contributed by atoms with Crippen LogP contribution in [0.5, 0.6) is 0 Å². The number of benzene rings is 2. The summed E-state index contributed by atoms with van der Waals surface area (Å²) in [4.78, 5) is 0. The Hall–Kier alpha value is -1.56. The molecule has 0 spiro atoms. The van der Waals surface area contributed by atoms with Gasteiger partial charge in [-0.25, -0.2) is 0 Å². The van der Waals surface area contributed by atoms with Crippen LogP contribution in [0.3, 0.4) is 0 Å². The molecule has 0 amide bonds. The highest BCUT2D eigenvalue weighted by molar-refractivity contribution is 5.65. The summed E-state index contributed by atoms with van der Waals surface area (Å²) in [6.45, 7) is 11.2. The van der Waals surface area contributed by atoms with Crippen molar-refractivity contribution in [3.63, 3.8) is 0 Å². The van der Waals surface area contributed by atoms with Crippen LogP contribution < -0.4 is 0 Å². The molecule has 0 bridgehead atoms. The number of hydrogen-bond donors (Lipinski definition) is 0. The van der Waals surface area contributed by atoms with Crippen LogP contribution in [0.15, 0.2) is 42.5 Å². The summed E-state index contributed by atoms with van der Waals surface area (Å²) in [6, 6.07) is 15.8. The molecule has 0 fully saturated rings. The maximum atomic E-state index is 2.31. The fourth-order valence-corrected chi connectivity index (χ4v) is 2.56. The Bertz CT molecular complexity index is 545. The van der Waals surface area contributed by atoms with Crippen molar-refractivity contribution in [2.45, 2.75) is 46.5 Å². The van der Waals surface area contributed by atoms with Crippen LogP contribution in [0.2, 0.25) is 0 Å². The fourth-order valence-electron chi connectivity index (χ4n) is 2.56. The first-order chi connectivity index (χ1) is 8.99. The van der Waals surface area contributed by atoms with Gasteiger partial charge in [0, 0.05) is 0 Å². The predicted molar refractivity (Wildman–Crippen MR) is 84.8 cm³/mol. The van der Waals surface area contributed by atoms with Crippen molar-refractivity contribution >= 4 is 0 Å². The Kier molecular flexibility index (Phi) is 4.09. The van der Waals surface area contributed by atoms with E-state index in [4.69, 9.17) is 0 Å². The van der Waals surface area contributed by atoms with Gasteiger partial charge in [0.2, 0.25) is 0 Å². The molecule has 2 aromatic carbocycles. The first kappa shape index (κ1) is 13.9. The van der Waals surface area contributed by atoms with Crippen molar-refractivity contribution in [2.24, 2.45) is 0 Å². The van der Waals surface area contributed by atoms with Crippen LogP contribution in [0, 0.1) is 6.92 Å². The minimum atomic E-state index is 0.595. The van der Waals surface area contributed by atoms with Crippen molar-refractivity contribution in [1.82, 2.24) is 0 Å². The summed E-state index contributed by atoms with van der Waals surface area (Å²) in [7, 11) is 0. The molecule has 0 unspecified atom stereocenters. The van der Waals surface area contributed by atoms with E-state index in [0.29, 0.717) is 11.8 Å². The number of rotatable bonds is 3. The molecule has 0 heteroatoms. The average molecular weight is 252 g/mol. The molecule has 2 rings (SSSR count). The molecule has 0 aliphatic carbocycles. The Morgan fingerprint density at radius 2 is 1.26 bits per heavy atom. The van der Waals surface area contributed by atoms with Crippen molar-refractivity contribution < 1.29 is 0 Å². The first-order valence-corrected chi connectivity index (χ1v) is 7.20. The molecule has 0 radical (unpaired) electrons. The molecule has 0 aliphatic rings. The highest BCUT2D eigenvalue weighted by atomic mass is 14.1. The van der Waals surface area contributed by atoms with Crippen LogP contribution in [0.25, 0.3) is 11.1 Å². The molecule has 0 aromatic heterocycles. The summed E-state index contributed by atoms with van der Waals surface area (Å²) in [5, 5.41) is 0. The summed E-state index contributed by atoms with van der Waals surface area (Å²) in [6.07, 6.45) is 0. The minimum Gasteiger partial charge on any atom is -0.0587 e. The molecular formula is C19H24. The second-order valence-electron chi connectivity index (χ2n) is 6.00. The zero-order valence-electron chi connectivity index (χ0n) is 12.7. The van der Waals surface area contributed by atoms with Gasteiger partial charge in [0.1, 0.15) is 0 Å². The Balaban J connectivity index is 2.34. The molecular weight excluding hydrogens is 228 g/mol. The third-order valence-electron chi connectivity index (χ3n) is 3.80. The SMILES string of the molecule is Cc1cc(-c2ccc(C(C)C)cc2)ccc1C(C)C. The lowest BCUT2D eigenvalue weighted by molar-refractivity contribution is 0.857. The lowest BCUT2D eigenvalue weighted by atomic mass is 9.93. The Labute approximate surface area is 117 Å². The zero-order valence-corrected chi connectivity index (χ0v) is 12.7. The summed E-state index contributed by atoms with van der Waals surface area (Å²) in [5.41, 5.74) is 6.86. The molecule has 0 N–H and O–H groups in total. The van der Waals surface area contributed by atoms with Crippen LogP contribution >= 0.6 is 0 Å². The maximum Gasteiger partial charge on any atom is -0.0181 e. The van der Waals surface area contributed by atoms with Crippen LogP contribution in [0.1, 0.15) is 56.2 Å². The van der Waals surface area contributed by atoms with Gasteiger partial charge in [0.25, 0.3) is 0 Å². The van der Waals surface area contributed by atoms with E-state index in [1.165, 1.54) is 27.8 Å². The fraction of sp³-hybridized carbons (Fsp3) is 0.368. The van der Waals surface area contributed by atoms with Crippen molar-refractivity contribution in [1.29, 1.82) is 0 Å². The van der Waals surface area contributed by atoms with E-state index in [2.05, 4.69) is 77.1 Å². The molecule has 19 heavy (non-hydrogen) atoms. The molecule has 0 saturated heterocycles. The van der Waals surface area contributed by atoms with Crippen LogP contribution in [-0.2, 0) is 0 Å². The van der Waals surface area contributed by atoms with Gasteiger partial charge in [-0.3, -0.25) is 0 Å². The zero-order chi connectivity index (χ0) is 14.0. The van der Waals surface area contributed by atoms with E-state index in [-0.39, 0.29) is 0 Å². The van der Waals surface area contributed by atoms with Gasteiger partial charge in [-0.15, -0.1) is 0 Å². The van der Waals surface area contributed by atoms with Gasteiger partial charge in [-0.1, -0.05) is 70.2 Å². The summed E-state index contributed by atoms with van der Waals surface area (Å²) < 4.78 is 0. The molecule has 0 aliphatic heterocycles. The van der Waals surface area contributed by atoms with Crippen molar-refractivity contribution in [2.75, 3.05) is 0 Å². The third kappa shape index (κ3) is 3.07. The van der Waals surface area contributed by atoms with Gasteiger partial charge in [0.05, 0.1) is 0 Å². The first-order valence-electron chi connectivity index (χ1n) is 7.20. The Morgan fingerprint density at radius 3 is 1.74 bits per heavy atom. The van der Waals surface area contributed by atoms with Crippen LogP contribution in [-0.4, -0.2) is 0 Å². The van der Waals surface area contributed by atoms with Crippen LogP contribution in [0.4, 0.5) is 0 Å². The van der Waals surface area contributed by atoms with Gasteiger partial charge < -0.3 is 0 Å². The van der Waals surface area contributed by atoms with E-state index in [9.17, 15) is 0 Å². The molecule has 2 aromatic rings. The molecule has 100 valence electrons. The minimum absolute atomic E-state index is 0.595. The van der Waals surface area contributed by atoms with E-state index in [0.717, 1.165) is 0 Å². The van der Waals surface area contributed by atoms with Gasteiger partial charge in [-0.05, 0) is 46.6 Å². The van der Waals surface area contributed by atoms with Gasteiger partial charge >= 0.3 is 0 Å². The third-order valence-corrected chi connectivity index (χ3v) is 3.80. The highest BCUT2D eigenvalue weighted by Crippen LogP contribution is 2.27. The number of aryl methyl sites for hydroxylation is 1. The second-order valence-corrected chi connectivity index (χ2v) is 6.00. The molecule has 0 heterocycles. The average Bonchev–Trinajstić information content (AvgIpc) is 2.38. The lowest BCUT2D eigenvalue weighted by Gasteiger charge is -2.12. The van der Waals surface area contributed by atoms with Gasteiger partial charge in [-0.2, -0.15) is 0 Å². The molecule has 0 saturated carbocycles. The van der Waals surface area contributed by atoms with Crippen molar-refractivity contribution in [3.8, 4) is 11.1 Å². The largest absolute Gasteiger partial charge is 0.0587 e. The lowest BCUT2D eigenvalue weighted by Crippen LogP contribution is -1.92. The quantitative estimate of drug-likeness (QED) is 0.637.